The van der Waals surface area contributed by atoms with E-state index in [9.17, 15) is 10.2 Å². The third kappa shape index (κ3) is 3.44. The minimum absolute atomic E-state index is 0.0252. The third-order valence-corrected chi connectivity index (χ3v) is 3.15. The summed E-state index contributed by atoms with van der Waals surface area (Å²) in [6, 6.07) is 8.66. The lowest BCUT2D eigenvalue weighted by Gasteiger charge is -2.17. The van der Waals surface area contributed by atoms with Gasteiger partial charge in [0.15, 0.2) is 11.5 Å². The molecule has 2 N–H and O–H groups in total. The third-order valence-electron chi connectivity index (χ3n) is 3.15. The van der Waals surface area contributed by atoms with Crippen LogP contribution in [-0.4, -0.2) is 30.1 Å². The van der Waals surface area contributed by atoms with E-state index in [0.717, 1.165) is 5.76 Å². The zero-order valence-electron chi connectivity index (χ0n) is 12.3. The normalized spacial score (nSPS) is 14.3. The van der Waals surface area contributed by atoms with Crippen molar-refractivity contribution < 1.29 is 19.4 Å². The van der Waals surface area contributed by atoms with E-state index in [2.05, 4.69) is 4.99 Å². The molecule has 5 heteroatoms. The molecule has 0 saturated carbocycles. The van der Waals surface area contributed by atoms with Gasteiger partial charge in [0, 0.05) is 11.8 Å². The van der Waals surface area contributed by atoms with Crippen LogP contribution in [0.3, 0.4) is 0 Å². The van der Waals surface area contributed by atoms with Crippen LogP contribution in [0.5, 0.6) is 11.5 Å². The number of aliphatic imine (C=N–C) groups is 1. The van der Waals surface area contributed by atoms with Crippen molar-refractivity contribution in [2.24, 2.45) is 4.99 Å². The molecule has 0 amide bonds. The number of nitrogens with zero attached hydrogens (tertiary/aromatic N) is 1. The second-order valence-corrected chi connectivity index (χ2v) is 5.05. The van der Waals surface area contributed by atoms with E-state index in [1.807, 2.05) is 6.92 Å². The second kappa shape index (κ2) is 6.01. The van der Waals surface area contributed by atoms with Gasteiger partial charge in [0.05, 0.1) is 13.7 Å². The highest BCUT2D eigenvalue weighted by atomic mass is 16.5. The molecule has 1 aromatic heterocycles. The predicted molar refractivity (Wildman–Crippen MR) is 80.1 cm³/mol. The zero-order chi connectivity index (χ0) is 15.5. The van der Waals surface area contributed by atoms with Gasteiger partial charge in [-0.3, -0.25) is 4.99 Å². The van der Waals surface area contributed by atoms with Gasteiger partial charge in [0.25, 0.3) is 0 Å². The van der Waals surface area contributed by atoms with E-state index >= 15 is 0 Å². The van der Waals surface area contributed by atoms with E-state index in [1.54, 1.807) is 37.3 Å². The van der Waals surface area contributed by atoms with Crippen LogP contribution in [0.2, 0.25) is 0 Å². The molecule has 1 aromatic carbocycles. The van der Waals surface area contributed by atoms with Crippen molar-refractivity contribution in [3.05, 3.63) is 47.4 Å². The average Bonchev–Trinajstić information content (AvgIpc) is 2.88. The van der Waals surface area contributed by atoms with Gasteiger partial charge in [0.1, 0.15) is 17.1 Å². The maximum Gasteiger partial charge on any atom is 0.166 e. The van der Waals surface area contributed by atoms with E-state index in [0.29, 0.717) is 17.1 Å². The van der Waals surface area contributed by atoms with Crippen LogP contribution >= 0.6 is 0 Å². The van der Waals surface area contributed by atoms with Crippen LogP contribution in [-0.2, 0) is 5.60 Å². The SMILES string of the molecule is COc1cccc(C=NCC(C)(O)c2ccc(C)o2)c1O. The number of rotatable bonds is 5. The molecular formula is C16H19NO4. The molecule has 0 fully saturated rings. The first kappa shape index (κ1) is 15.1. The smallest absolute Gasteiger partial charge is 0.166 e. The van der Waals surface area contributed by atoms with Gasteiger partial charge in [-0.25, -0.2) is 0 Å². The minimum Gasteiger partial charge on any atom is -0.504 e. The number of hydrogen-bond acceptors (Lipinski definition) is 5. The Morgan fingerprint density at radius 1 is 1.33 bits per heavy atom. The van der Waals surface area contributed by atoms with Gasteiger partial charge in [-0.1, -0.05) is 6.07 Å². The fraction of sp³-hybridized carbons (Fsp3) is 0.312. The van der Waals surface area contributed by atoms with Crippen molar-refractivity contribution in [3.63, 3.8) is 0 Å². The molecular weight excluding hydrogens is 270 g/mol. The van der Waals surface area contributed by atoms with E-state index in [4.69, 9.17) is 9.15 Å². The molecule has 112 valence electrons. The number of methoxy groups -OCH3 is 1. The molecule has 21 heavy (non-hydrogen) atoms. The molecule has 0 aliphatic heterocycles. The molecule has 0 spiro atoms. The highest BCUT2D eigenvalue weighted by Crippen LogP contribution is 2.28. The summed E-state index contributed by atoms with van der Waals surface area (Å²) in [4.78, 5) is 4.18. The molecule has 5 nitrogen and oxygen atoms in total. The predicted octanol–water partition coefficient (Wildman–Crippen LogP) is 2.63. The Morgan fingerprint density at radius 2 is 2.10 bits per heavy atom. The lowest BCUT2D eigenvalue weighted by Crippen LogP contribution is -2.24. The highest BCUT2D eigenvalue weighted by molar-refractivity contribution is 5.84. The molecule has 2 aromatic rings. The van der Waals surface area contributed by atoms with Gasteiger partial charge in [-0.05, 0) is 38.1 Å². The number of aliphatic hydroxyl groups is 1. The number of hydrogen-bond donors (Lipinski definition) is 2. The summed E-state index contributed by atoms with van der Waals surface area (Å²) >= 11 is 0. The van der Waals surface area contributed by atoms with Crippen molar-refractivity contribution in [2.45, 2.75) is 19.4 Å². The van der Waals surface area contributed by atoms with Crippen molar-refractivity contribution in [3.8, 4) is 11.5 Å². The maximum absolute atomic E-state index is 10.4. The van der Waals surface area contributed by atoms with E-state index < -0.39 is 5.60 Å². The fourth-order valence-electron chi connectivity index (χ4n) is 1.93. The van der Waals surface area contributed by atoms with Gasteiger partial charge in [-0.2, -0.15) is 0 Å². The Morgan fingerprint density at radius 3 is 2.71 bits per heavy atom. The Kier molecular flexibility index (Phi) is 4.33. The van der Waals surface area contributed by atoms with Crippen LogP contribution < -0.4 is 4.74 Å². The summed E-state index contributed by atoms with van der Waals surface area (Å²) in [6.45, 7) is 3.57. The Labute approximate surface area is 123 Å². The largest absolute Gasteiger partial charge is 0.504 e. The number of phenols is 1. The van der Waals surface area contributed by atoms with Gasteiger partial charge < -0.3 is 19.4 Å². The monoisotopic (exact) mass is 289 g/mol. The lowest BCUT2D eigenvalue weighted by molar-refractivity contribution is 0.0431. The first-order chi connectivity index (χ1) is 9.94. The molecule has 0 bridgehead atoms. The van der Waals surface area contributed by atoms with E-state index in [-0.39, 0.29) is 12.3 Å². The molecule has 0 saturated heterocycles. The Balaban J connectivity index is 2.12. The number of aryl methyl sites for hydroxylation is 1. The van der Waals surface area contributed by atoms with Crippen molar-refractivity contribution >= 4 is 6.21 Å². The summed E-state index contributed by atoms with van der Waals surface area (Å²) in [6.07, 6.45) is 1.50. The van der Waals surface area contributed by atoms with Crippen LogP contribution in [0.25, 0.3) is 0 Å². The number of ether oxygens (including phenoxy) is 1. The second-order valence-electron chi connectivity index (χ2n) is 5.05. The number of furan rings is 1. The van der Waals surface area contributed by atoms with Crippen molar-refractivity contribution in [1.29, 1.82) is 0 Å². The summed E-state index contributed by atoms with van der Waals surface area (Å²) in [5.74, 6) is 1.61. The Bertz CT molecular complexity index is 643. The molecule has 0 aliphatic carbocycles. The molecule has 1 heterocycles. The van der Waals surface area contributed by atoms with Crippen LogP contribution in [0.4, 0.5) is 0 Å². The first-order valence-corrected chi connectivity index (χ1v) is 6.59. The fourth-order valence-corrected chi connectivity index (χ4v) is 1.93. The number of benzene rings is 1. The average molecular weight is 289 g/mol. The van der Waals surface area contributed by atoms with Crippen LogP contribution in [0.15, 0.2) is 39.7 Å². The van der Waals surface area contributed by atoms with Gasteiger partial charge in [-0.15, -0.1) is 0 Å². The van der Waals surface area contributed by atoms with Crippen LogP contribution in [0, 0.1) is 6.92 Å². The van der Waals surface area contributed by atoms with Crippen molar-refractivity contribution in [1.82, 2.24) is 0 Å². The first-order valence-electron chi connectivity index (χ1n) is 6.59. The standard InChI is InChI=1S/C16H19NO4/c1-11-7-8-14(21-11)16(2,19)10-17-9-12-5-4-6-13(20-3)15(12)18/h4-9,18-19H,10H2,1-3H3. The number of phenolic OH excluding ortho intramolecular Hbond substituents is 1. The molecule has 2 rings (SSSR count). The number of aromatic hydroxyl groups is 1. The summed E-state index contributed by atoms with van der Waals surface area (Å²) in [5.41, 5.74) is -0.667. The molecule has 1 unspecified atom stereocenters. The maximum atomic E-state index is 10.4. The summed E-state index contributed by atoms with van der Waals surface area (Å²) < 4.78 is 10.4. The minimum atomic E-state index is -1.20. The highest BCUT2D eigenvalue weighted by Gasteiger charge is 2.26. The van der Waals surface area contributed by atoms with Crippen molar-refractivity contribution in [2.75, 3.05) is 13.7 Å². The van der Waals surface area contributed by atoms with Crippen LogP contribution in [0.1, 0.15) is 24.0 Å². The summed E-state index contributed by atoms with van der Waals surface area (Å²) in [7, 11) is 1.49. The lowest BCUT2D eigenvalue weighted by atomic mass is 10.0. The van der Waals surface area contributed by atoms with E-state index in [1.165, 1.54) is 13.3 Å². The molecule has 0 aliphatic rings. The Hall–Kier alpha value is -2.27. The topological polar surface area (TPSA) is 75.2 Å². The zero-order valence-corrected chi connectivity index (χ0v) is 12.3. The molecule has 1 atom stereocenters. The number of para-hydroxylation sites is 1. The quantitative estimate of drug-likeness (QED) is 0.830. The summed E-state index contributed by atoms with van der Waals surface area (Å²) in [5, 5.41) is 20.3. The molecule has 0 radical (unpaired) electrons. The van der Waals surface area contributed by atoms with Gasteiger partial charge >= 0.3 is 0 Å². The van der Waals surface area contributed by atoms with Gasteiger partial charge in [0.2, 0.25) is 0 Å².